The molecule has 1 saturated heterocycles. The van der Waals surface area contributed by atoms with Crippen LogP contribution >= 0.6 is 0 Å². The predicted octanol–water partition coefficient (Wildman–Crippen LogP) is 4.21. The van der Waals surface area contributed by atoms with Crippen molar-refractivity contribution in [2.45, 2.75) is 44.2 Å². The molecule has 0 radical (unpaired) electrons. The highest BCUT2D eigenvalue weighted by atomic mass is 19.4. The molecule has 2 aliphatic rings. The minimum absolute atomic E-state index is 0.190. The zero-order chi connectivity index (χ0) is 19.9. The van der Waals surface area contributed by atoms with Crippen LogP contribution in [0.2, 0.25) is 0 Å². The van der Waals surface area contributed by atoms with Gasteiger partial charge in [-0.1, -0.05) is 18.2 Å². The minimum atomic E-state index is -4.50. The Hall–Kier alpha value is -2.38. The van der Waals surface area contributed by atoms with Gasteiger partial charge in [0.2, 0.25) is 17.7 Å². The first kappa shape index (κ1) is 19.0. The molecule has 2 aromatic rings. The standard InChI is InChI=1S/C20H22F3N3O2/c1-13(20(21,22)23)17(27)26-11-7-15(8-12-26)19(9-10-19)18-25-24-16(28-18)14-5-3-2-4-6-14/h2-6,13,15H,7-12H2,1H3/t13-/m0/s1. The van der Waals surface area contributed by atoms with Crippen molar-refractivity contribution in [2.24, 2.45) is 11.8 Å². The minimum Gasteiger partial charge on any atom is -0.420 e. The number of nitrogens with zero attached hydrogens (tertiary/aromatic N) is 3. The Morgan fingerprint density at radius 3 is 2.39 bits per heavy atom. The zero-order valence-corrected chi connectivity index (χ0v) is 15.6. The first-order chi connectivity index (χ1) is 13.3. The zero-order valence-electron chi connectivity index (χ0n) is 15.6. The van der Waals surface area contributed by atoms with Gasteiger partial charge < -0.3 is 9.32 Å². The van der Waals surface area contributed by atoms with E-state index in [-0.39, 0.29) is 11.3 Å². The Balaban J connectivity index is 1.43. The van der Waals surface area contributed by atoms with Gasteiger partial charge in [0.25, 0.3) is 0 Å². The number of aromatic nitrogens is 2. The number of carbonyl (C=O) groups excluding carboxylic acids is 1. The molecule has 0 bridgehead atoms. The molecule has 1 aromatic carbocycles. The van der Waals surface area contributed by atoms with Gasteiger partial charge in [-0.05, 0) is 50.7 Å². The Labute approximate surface area is 160 Å². The van der Waals surface area contributed by atoms with Gasteiger partial charge in [0, 0.05) is 18.7 Å². The first-order valence-electron chi connectivity index (χ1n) is 9.56. The number of alkyl halides is 3. The van der Waals surface area contributed by atoms with E-state index in [9.17, 15) is 18.0 Å². The molecule has 1 atom stereocenters. The van der Waals surface area contributed by atoms with Crippen molar-refractivity contribution in [3.05, 3.63) is 36.2 Å². The number of benzene rings is 1. The molecule has 2 fully saturated rings. The summed E-state index contributed by atoms with van der Waals surface area (Å²) in [6.07, 6.45) is -1.33. The van der Waals surface area contributed by atoms with Crippen LogP contribution in [0, 0.1) is 11.8 Å². The summed E-state index contributed by atoms with van der Waals surface area (Å²) in [6.45, 7) is 1.61. The summed E-state index contributed by atoms with van der Waals surface area (Å²) in [6, 6.07) is 9.53. The summed E-state index contributed by atoms with van der Waals surface area (Å²) in [5.74, 6) is -1.46. The highest BCUT2D eigenvalue weighted by Crippen LogP contribution is 2.56. The fourth-order valence-corrected chi connectivity index (χ4v) is 4.12. The van der Waals surface area contributed by atoms with Gasteiger partial charge in [-0.15, -0.1) is 10.2 Å². The molecule has 150 valence electrons. The van der Waals surface area contributed by atoms with Crippen LogP contribution in [-0.4, -0.2) is 40.3 Å². The molecule has 28 heavy (non-hydrogen) atoms. The number of amides is 1. The van der Waals surface area contributed by atoms with Crippen LogP contribution in [0.3, 0.4) is 0 Å². The molecule has 5 nitrogen and oxygen atoms in total. The lowest BCUT2D eigenvalue weighted by molar-refractivity contribution is -0.186. The number of halogens is 3. The van der Waals surface area contributed by atoms with Crippen LogP contribution in [0.15, 0.2) is 34.7 Å². The smallest absolute Gasteiger partial charge is 0.400 e. The summed E-state index contributed by atoms with van der Waals surface area (Å²) in [4.78, 5) is 13.5. The topological polar surface area (TPSA) is 59.2 Å². The summed E-state index contributed by atoms with van der Waals surface area (Å²) in [7, 11) is 0. The quantitative estimate of drug-likeness (QED) is 0.781. The van der Waals surface area contributed by atoms with E-state index in [0.29, 0.717) is 37.7 Å². The van der Waals surface area contributed by atoms with Gasteiger partial charge in [0.1, 0.15) is 5.92 Å². The third-order valence-electron chi connectivity index (χ3n) is 6.11. The van der Waals surface area contributed by atoms with Gasteiger partial charge in [-0.3, -0.25) is 4.79 Å². The summed E-state index contributed by atoms with van der Waals surface area (Å²) < 4.78 is 44.4. The number of hydrogen-bond acceptors (Lipinski definition) is 4. The van der Waals surface area contributed by atoms with E-state index in [0.717, 1.165) is 25.3 Å². The number of likely N-dealkylation sites (tertiary alicyclic amines) is 1. The molecule has 0 spiro atoms. The SMILES string of the molecule is C[C@@H](C(=O)N1CCC(C2(c3nnc(-c4ccccc4)o3)CC2)CC1)C(F)(F)F. The summed E-state index contributed by atoms with van der Waals surface area (Å²) in [5.41, 5.74) is 0.670. The number of carbonyl (C=O) groups is 1. The van der Waals surface area contributed by atoms with Gasteiger partial charge in [-0.2, -0.15) is 13.2 Å². The molecule has 4 rings (SSSR count). The fraction of sp³-hybridized carbons (Fsp3) is 0.550. The van der Waals surface area contributed by atoms with Gasteiger partial charge in [0.15, 0.2) is 0 Å². The van der Waals surface area contributed by atoms with Crippen LogP contribution in [0.25, 0.3) is 11.5 Å². The van der Waals surface area contributed by atoms with Crippen LogP contribution in [0.1, 0.15) is 38.5 Å². The van der Waals surface area contributed by atoms with Crippen LogP contribution in [0.4, 0.5) is 13.2 Å². The number of piperidine rings is 1. The second kappa shape index (κ2) is 6.90. The van der Waals surface area contributed by atoms with E-state index in [1.807, 2.05) is 30.3 Å². The summed E-state index contributed by atoms with van der Waals surface area (Å²) in [5, 5.41) is 8.45. The average Bonchev–Trinajstić information content (AvgIpc) is 3.36. The van der Waals surface area contributed by atoms with E-state index >= 15 is 0 Å². The molecular weight excluding hydrogens is 371 g/mol. The maximum absolute atomic E-state index is 12.8. The second-order valence-electron chi connectivity index (χ2n) is 7.80. The van der Waals surface area contributed by atoms with Crippen LogP contribution in [0.5, 0.6) is 0 Å². The molecular formula is C20H22F3N3O2. The third kappa shape index (κ3) is 3.40. The molecule has 8 heteroatoms. The maximum atomic E-state index is 12.8. The lowest BCUT2D eigenvalue weighted by atomic mass is 9.81. The molecule has 1 saturated carbocycles. The Morgan fingerprint density at radius 2 is 1.82 bits per heavy atom. The van der Waals surface area contributed by atoms with Crippen molar-refractivity contribution < 1.29 is 22.4 Å². The van der Waals surface area contributed by atoms with Crippen molar-refractivity contribution in [1.29, 1.82) is 0 Å². The first-order valence-corrected chi connectivity index (χ1v) is 9.56. The van der Waals surface area contributed by atoms with Crippen molar-refractivity contribution in [1.82, 2.24) is 15.1 Å². The normalized spacial score (nSPS) is 20.8. The number of rotatable bonds is 4. The Kier molecular flexibility index (Phi) is 4.67. The Morgan fingerprint density at radius 1 is 1.18 bits per heavy atom. The molecule has 2 heterocycles. The van der Waals surface area contributed by atoms with Crippen molar-refractivity contribution in [2.75, 3.05) is 13.1 Å². The molecule has 1 aliphatic carbocycles. The molecule has 1 amide bonds. The fourth-order valence-electron chi connectivity index (χ4n) is 4.12. The van der Waals surface area contributed by atoms with Crippen molar-refractivity contribution in [3.63, 3.8) is 0 Å². The van der Waals surface area contributed by atoms with Crippen LogP contribution < -0.4 is 0 Å². The second-order valence-corrected chi connectivity index (χ2v) is 7.80. The highest BCUT2D eigenvalue weighted by molar-refractivity contribution is 5.79. The highest BCUT2D eigenvalue weighted by Gasteiger charge is 2.55. The largest absolute Gasteiger partial charge is 0.420 e. The lowest BCUT2D eigenvalue weighted by Gasteiger charge is -2.36. The summed E-state index contributed by atoms with van der Waals surface area (Å²) >= 11 is 0. The van der Waals surface area contributed by atoms with Crippen molar-refractivity contribution >= 4 is 5.91 Å². The van der Waals surface area contributed by atoms with E-state index in [2.05, 4.69) is 10.2 Å². The van der Waals surface area contributed by atoms with Gasteiger partial charge >= 0.3 is 6.18 Å². The molecule has 1 aromatic heterocycles. The lowest BCUT2D eigenvalue weighted by Crippen LogP contribution is -2.46. The van der Waals surface area contributed by atoms with E-state index in [4.69, 9.17) is 4.42 Å². The van der Waals surface area contributed by atoms with E-state index < -0.39 is 18.0 Å². The predicted molar refractivity (Wildman–Crippen MR) is 95.2 cm³/mol. The third-order valence-corrected chi connectivity index (χ3v) is 6.11. The molecule has 0 N–H and O–H groups in total. The molecule has 1 aliphatic heterocycles. The molecule has 0 unspecified atom stereocenters. The number of hydrogen-bond donors (Lipinski definition) is 0. The van der Waals surface area contributed by atoms with E-state index in [1.165, 1.54) is 4.90 Å². The average molecular weight is 393 g/mol. The van der Waals surface area contributed by atoms with Gasteiger partial charge in [-0.25, -0.2) is 0 Å². The van der Waals surface area contributed by atoms with Gasteiger partial charge in [0.05, 0.1) is 5.41 Å². The van der Waals surface area contributed by atoms with E-state index in [1.54, 1.807) is 0 Å². The van der Waals surface area contributed by atoms with Crippen molar-refractivity contribution in [3.8, 4) is 11.5 Å². The van der Waals surface area contributed by atoms with Crippen LogP contribution in [-0.2, 0) is 10.2 Å². The Bertz CT molecular complexity index is 838. The monoisotopic (exact) mass is 393 g/mol. The maximum Gasteiger partial charge on any atom is 0.400 e.